The Kier molecular flexibility index (Phi) is 7.02. The van der Waals surface area contributed by atoms with Gasteiger partial charge in [-0.15, -0.1) is 0 Å². The van der Waals surface area contributed by atoms with Gasteiger partial charge in [-0.05, 0) is 45.6 Å². The highest BCUT2D eigenvalue weighted by molar-refractivity contribution is 6.27. The molecule has 27 heavy (non-hydrogen) atoms. The van der Waals surface area contributed by atoms with Crippen molar-refractivity contribution < 1.29 is 9.59 Å². The molecule has 1 atom stereocenters. The van der Waals surface area contributed by atoms with E-state index in [0.717, 1.165) is 11.3 Å². The first-order valence-corrected chi connectivity index (χ1v) is 8.98. The topological polar surface area (TPSA) is 64.5 Å². The van der Waals surface area contributed by atoms with E-state index >= 15 is 0 Å². The van der Waals surface area contributed by atoms with E-state index in [9.17, 15) is 9.59 Å². The third kappa shape index (κ3) is 5.34. The van der Waals surface area contributed by atoms with Crippen molar-refractivity contribution >= 4 is 23.1 Å². The number of anilines is 1. The molecule has 0 bridgehead atoms. The molecular weight excluding hydrogens is 338 g/mol. The quantitative estimate of drug-likeness (QED) is 0.577. The molecule has 0 radical (unpaired) electrons. The molecule has 1 amide bonds. The Morgan fingerprint density at radius 1 is 0.963 bits per heavy atom. The highest BCUT2D eigenvalue weighted by Gasteiger charge is 2.33. The Hall–Kier alpha value is -2.79. The van der Waals surface area contributed by atoms with E-state index in [0.29, 0.717) is 18.7 Å². The van der Waals surface area contributed by atoms with Gasteiger partial charge in [-0.3, -0.25) is 9.59 Å². The number of hydrogen-bond acceptors (Lipinski definition) is 4. The number of benzene rings is 2. The van der Waals surface area contributed by atoms with Crippen LogP contribution in [0.3, 0.4) is 0 Å². The summed E-state index contributed by atoms with van der Waals surface area (Å²) in [4.78, 5) is 29.3. The van der Waals surface area contributed by atoms with Crippen LogP contribution < -0.4 is 4.90 Å². The summed E-state index contributed by atoms with van der Waals surface area (Å²) in [6.07, 6.45) is 0. The van der Waals surface area contributed by atoms with E-state index in [-0.39, 0.29) is 17.4 Å². The summed E-state index contributed by atoms with van der Waals surface area (Å²) in [5.41, 5.74) is 2.45. The van der Waals surface area contributed by atoms with Gasteiger partial charge < -0.3 is 15.2 Å². The molecule has 0 spiro atoms. The highest BCUT2D eigenvalue weighted by Crippen LogP contribution is 2.20. The lowest BCUT2D eigenvalue weighted by Gasteiger charge is -2.28. The molecule has 5 nitrogen and oxygen atoms in total. The Balaban J connectivity index is 2.38. The van der Waals surface area contributed by atoms with Gasteiger partial charge in [0.2, 0.25) is 5.91 Å². The minimum atomic E-state index is -1.11. The number of Topliss-reactive ketones (excluding diaryl/α,β-unsaturated/α-hetero) is 1. The number of amides is 1. The Labute approximate surface area is 161 Å². The van der Waals surface area contributed by atoms with Crippen LogP contribution in [0.15, 0.2) is 54.6 Å². The fourth-order valence-electron chi connectivity index (χ4n) is 2.83. The largest absolute Gasteiger partial charge is 0.310 e. The predicted molar refractivity (Wildman–Crippen MR) is 110 cm³/mol. The van der Waals surface area contributed by atoms with Crippen LogP contribution in [-0.2, 0) is 9.59 Å². The lowest BCUT2D eigenvalue weighted by molar-refractivity contribution is -0.128. The molecule has 0 aliphatic heterocycles. The fraction of sp³-hybridized carbons (Fsp3) is 0.318. The summed E-state index contributed by atoms with van der Waals surface area (Å²) in [7, 11) is 3.87. The van der Waals surface area contributed by atoms with Gasteiger partial charge in [-0.1, -0.05) is 48.0 Å². The zero-order valence-electron chi connectivity index (χ0n) is 16.4. The van der Waals surface area contributed by atoms with Crippen molar-refractivity contribution in [3.05, 3.63) is 65.7 Å². The van der Waals surface area contributed by atoms with Crippen LogP contribution in [0.25, 0.3) is 0 Å². The van der Waals surface area contributed by atoms with Gasteiger partial charge in [0.1, 0.15) is 11.7 Å². The van der Waals surface area contributed by atoms with Crippen molar-refractivity contribution in [1.29, 1.82) is 5.41 Å². The molecular formula is C22H27N3O2. The molecule has 0 heterocycles. The first kappa shape index (κ1) is 20.5. The van der Waals surface area contributed by atoms with Crippen LogP contribution in [0.5, 0.6) is 0 Å². The number of rotatable bonds is 8. The number of aryl methyl sites for hydroxylation is 1. The first-order valence-electron chi connectivity index (χ1n) is 8.98. The summed E-state index contributed by atoms with van der Waals surface area (Å²) >= 11 is 0. The Bertz CT molecular complexity index is 798. The summed E-state index contributed by atoms with van der Waals surface area (Å²) in [5, 5.41) is 8.48. The minimum absolute atomic E-state index is 0.0371. The third-order valence-electron chi connectivity index (χ3n) is 4.41. The summed E-state index contributed by atoms with van der Waals surface area (Å²) < 4.78 is 0. The number of nitrogens with zero attached hydrogens (tertiary/aromatic N) is 2. The number of nitrogens with one attached hydrogen (secondary N) is 1. The highest BCUT2D eigenvalue weighted by atomic mass is 16.2. The van der Waals surface area contributed by atoms with Crippen LogP contribution in [0.1, 0.15) is 18.1 Å². The van der Waals surface area contributed by atoms with Gasteiger partial charge in [-0.25, -0.2) is 0 Å². The minimum Gasteiger partial charge on any atom is -0.310 e. The van der Waals surface area contributed by atoms with Gasteiger partial charge in [-0.2, -0.15) is 0 Å². The molecule has 142 valence electrons. The van der Waals surface area contributed by atoms with E-state index in [4.69, 9.17) is 5.41 Å². The molecule has 0 saturated carbocycles. The Morgan fingerprint density at radius 2 is 1.56 bits per heavy atom. The SMILES string of the molecule is CC(=O)C(C(=N)c1ccccc1)C(=O)N(CCN(C)C)c1ccc(C)cc1. The van der Waals surface area contributed by atoms with Crippen molar-refractivity contribution in [3.63, 3.8) is 0 Å². The van der Waals surface area contributed by atoms with E-state index in [1.807, 2.05) is 56.3 Å². The normalized spacial score (nSPS) is 11.9. The maximum atomic E-state index is 13.3. The standard InChI is InChI=1S/C22H27N3O2/c1-16-10-12-19(13-11-16)25(15-14-24(3)4)22(27)20(17(2)26)21(23)18-8-6-5-7-9-18/h5-13,20,23H,14-15H2,1-4H3. The number of carbonyl (C=O) groups is 2. The number of hydrogen-bond donors (Lipinski definition) is 1. The second kappa shape index (κ2) is 9.24. The zero-order valence-corrected chi connectivity index (χ0v) is 16.4. The number of ketones is 1. The Morgan fingerprint density at radius 3 is 2.07 bits per heavy atom. The second-order valence-electron chi connectivity index (χ2n) is 6.95. The fourth-order valence-corrected chi connectivity index (χ4v) is 2.83. The number of carbonyl (C=O) groups excluding carboxylic acids is 2. The lowest BCUT2D eigenvalue weighted by Crippen LogP contribution is -2.45. The zero-order chi connectivity index (χ0) is 20.0. The summed E-state index contributed by atoms with van der Waals surface area (Å²) in [6, 6.07) is 16.6. The second-order valence-corrected chi connectivity index (χ2v) is 6.95. The third-order valence-corrected chi connectivity index (χ3v) is 4.41. The van der Waals surface area contributed by atoms with Crippen LogP contribution in [0.2, 0.25) is 0 Å². The summed E-state index contributed by atoms with van der Waals surface area (Å²) in [6.45, 7) is 4.46. The van der Waals surface area contributed by atoms with E-state index in [1.165, 1.54) is 6.92 Å². The lowest BCUT2D eigenvalue weighted by atomic mass is 9.92. The predicted octanol–water partition coefficient (Wildman–Crippen LogP) is 3.16. The van der Waals surface area contributed by atoms with Crippen LogP contribution in [0, 0.1) is 18.3 Å². The number of likely N-dealkylation sites (N-methyl/N-ethyl adjacent to an activating group) is 1. The van der Waals surface area contributed by atoms with Gasteiger partial charge in [0.25, 0.3) is 0 Å². The molecule has 1 N–H and O–H groups in total. The van der Waals surface area contributed by atoms with Gasteiger partial charge in [0.05, 0.1) is 5.71 Å². The van der Waals surface area contributed by atoms with Crippen LogP contribution in [0.4, 0.5) is 5.69 Å². The van der Waals surface area contributed by atoms with Gasteiger partial charge >= 0.3 is 0 Å². The molecule has 0 saturated heterocycles. The average Bonchev–Trinajstić information content (AvgIpc) is 2.63. The monoisotopic (exact) mass is 365 g/mol. The van der Waals surface area contributed by atoms with Crippen molar-refractivity contribution in [1.82, 2.24) is 4.90 Å². The maximum Gasteiger partial charge on any atom is 0.243 e. The molecule has 1 unspecified atom stereocenters. The summed E-state index contributed by atoms with van der Waals surface area (Å²) in [5.74, 6) is -1.80. The molecule has 2 aromatic carbocycles. The van der Waals surface area contributed by atoms with Crippen molar-refractivity contribution in [2.45, 2.75) is 13.8 Å². The van der Waals surface area contributed by atoms with Gasteiger partial charge in [0.15, 0.2) is 0 Å². The molecule has 0 aliphatic carbocycles. The molecule has 0 aromatic heterocycles. The van der Waals surface area contributed by atoms with Crippen molar-refractivity contribution in [2.24, 2.45) is 5.92 Å². The van der Waals surface area contributed by atoms with Gasteiger partial charge in [0, 0.05) is 18.8 Å². The van der Waals surface area contributed by atoms with Crippen LogP contribution >= 0.6 is 0 Å². The average molecular weight is 365 g/mol. The maximum absolute atomic E-state index is 13.3. The molecule has 5 heteroatoms. The smallest absolute Gasteiger partial charge is 0.243 e. The van der Waals surface area contributed by atoms with Crippen molar-refractivity contribution in [2.75, 3.05) is 32.1 Å². The van der Waals surface area contributed by atoms with Crippen molar-refractivity contribution in [3.8, 4) is 0 Å². The molecule has 2 aromatic rings. The molecule has 0 aliphatic rings. The van der Waals surface area contributed by atoms with Crippen LogP contribution in [-0.4, -0.2) is 49.5 Å². The van der Waals surface area contributed by atoms with E-state index in [1.54, 1.807) is 29.2 Å². The molecule has 0 fully saturated rings. The van der Waals surface area contributed by atoms with E-state index in [2.05, 4.69) is 0 Å². The van der Waals surface area contributed by atoms with E-state index < -0.39 is 5.92 Å². The first-order chi connectivity index (χ1) is 12.8. The molecule has 2 rings (SSSR count).